The van der Waals surface area contributed by atoms with Crippen LogP contribution in [-0.2, 0) is 6.54 Å². The number of aliphatic hydroxyl groups is 1. The van der Waals surface area contributed by atoms with Crippen molar-refractivity contribution in [3.63, 3.8) is 0 Å². The standard InChI is InChI=1S/C13H17BrFNO/c1-9(2)13(17)7-16(8-13)6-10-3-4-11(15)5-12(10)14/h3-5,9,17H,6-8H2,1-2H3. The third kappa shape index (κ3) is 2.69. The number of nitrogens with zero attached hydrogens (tertiary/aromatic N) is 1. The highest BCUT2D eigenvalue weighted by molar-refractivity contribution is 9.10. The Balaban J connectivity index is 1.96. The van der Waals surface area contributed by atoms with Crippen molar-refractivity contribution in [3.05, 3.63) is 34.1 Å². The predicted octanol–water partition coefficient (Wildman–Crippen LogP) is 2.79. The first-order chi connectivity index (χ1) is 7.90. The van der Waals surface area contributed by atoms with Crippen molar-refractivity contribution in [2.75, 3.05) is 13.1 Å². The molecule has 1 aliphatic rings. The smallest absolute Gasteiger partial charge is 0.124 e. The van der Waals surface area contributed by atoms with Crippen molar-refractivity contribution in [2.45, 2.75) is 26.0 Å². The van der Waals surface area contributed by atoms with Crippen LogP contribution in [0.2, 0.25) is 0 Å². The van der Waals surface area contributed by atoms with E-state index in [1.165, 1.54) is 12.1 Å². The maximum absolute atomic E-state index is 12.9. The summed E-state index contributed by atoms with van der Waals surface area (Å²) in [6.07, 6.45) is 0. The second-order valence-electron chi connectivity index (χ2n) is 5.14. The Labute approximate surface area is 110 Å². The fraction of sp³-hybridized carbons (Fsp3) is 0.538. The van der Waals surface area contributed by atoms with Gasteiger partial charge < -0.3 is 5.11 Å². The Kier molecular flexibility index (Phi) is 3.57. The Morgan fingerprint density at radius 1 is 1.47 bits per heavy atom. The van der Waals surface area contributed by atoms with Gasteiger partial charge >= 0.3 is 0 Å². The molecular weight excluding hydrogens is 285 g/mol. The van der Waals surface area contributed by atoms with E-state index in [1.54, 1.807) is 6.07 Å². The highest BCUT2D eigenvalue weighted by Crippen LogP contribution is 2.31. The first-order valence-corrected chi connectivity index (χ1v) is 6.59. The Hall–Kier alpha value is -0.450. The van der Waals surface area contributed by atoms with Gasteiger partial charge in [-0.15, -0.1) is 0 Å². The number of hydrogen-bond acceptors (Lipinski definition) is 2. The largest absolute Gasteiger partial charge is 0.387 e. The van der Waals surface area contributed by atoms with Gasteiger partial charge in [-0.3, -0.25) is 4.90 Å². The van der Waals surface area contributed by atoms with Crippen LogP contribution in [0.4, 0.5) is 4.39 Å². The molecule has 1 heterocycles. The van der Waals surface area contributed by atoms with Crippen LogP contribution in [0.25, 0.3) is 0 Å². The van der Waals surface area contributed by atoms with Gasteiger partial charge in [0.2, 0.25) is 0 Å². The molecule has 2 rings (SSSR count). The first kappa shape index (κ1) is 13.0. The summed E-state index contributed by atoms with van der Waals surface area (Å²) in [7, 11) is 0. The van der Waals surface area contributed by atoms with Crippen LogP contribution >= 0.6 is 15.9 Å². The lowest BCUT2D eigenvalue weighted by atomic mass is 9.83. The number of likely N-dealkylation sites (tertiary alicyclic amines) is 1. The van der Waals surface area contributed by atoms with Crippen molar-refractivity contribution >= 4 is 15.9 Å². The van der Waals surface area contributed by atoms with E-state index < -0.39 is 5.60 Å². The molecule has 1 aliphatic heterocycles. The Morgan fingerprint density at radius 3 is 2.65 bits per heavy atom. The summed E-state index contributed by atoms with van der Waals surface area (Å²) in [4.78, 5) is 2.16. The summed E-state index contributed by atoms with van der Waals surface area (Å²) >= 11 is 3.36. The van der Waals surface area contributed by atoms with E-state index in [0.29, 0.717) is 13.1 Å². The molecule has 0 aromatic heterocycles. The van der Waals surface area contributed by atoms with Crippen LogP contribution in [-0.4, -0.2) is 28.7 Å². The van der Waals surface area contributed by atoms with Crippen molar-refractivity contribution < 1.29 is 9.50 Å². The summed E-state index contributed by atoms with van der Waals surface area (Å²) in [5.41, 5.74) is 0.504. The third-order valence-corrected chi connectivity index (χ3v) is 4.22. The van der Waals surface area contributed by atoms with Crippen LogP contribution in [0.1, 0.15) is 19.4 Å². The number of rotatable bonds is 3. The maximum Gasteiger partial charge on any atom is 0.124 e. The molecule has 1 N–H and O–H groups in total. The molecule has 0 saturated carbocycles. The summed E-state index contributed by atoms with van der Waals surface area (Å²) in [5, 5.41) is 10.1. The van der Waals surface area contributed by atoms with Crippen molar-refractivity contribution in [1.29, 1.82) is 0 Å². The fourth-order valence-corrected chi connectivity index (χ4v) is 2.57. The molecule has 0 bridgehead atoms. The van der Waals surface area contributed by atoms with Gasteiger partial charge in [-0.2, -0.15) is 0 Å². The summed E-state index contributed by atoms with van der Waals surface area (Å²) in [5.74, 6) is 0.0401. The fourth-order valence-electron chi connectivity index (χ4n) is 2.10. The van der Waals surface area contributed by atoms with E-state index in [0.717, 1.165) is 16.6 Å². The highest BCUT2D eigenvalue weighted by atomic mass is 79.9. The minimum Gasteiger partial charge on any atom is -0.387 e. The number of benzene rings is 1. The molecule has 2 nitrogen and oxygen atoms in total. The zero-order valence-corrected chi connectivity index (χ0v) is 11.7. The average Bonchev–Trinajstić information content (AvgIpc) is 2.19. The van der Waals surface area contributed by atoms with Crippen LogP contribution < -0.4 is 0 Å². The normalized spacial score (nSPS) is 19.4. The third-order valence-electron chi connectivity index (χ3n) is 3.48. The zero-order chi connectivity index (χ0) is 12.6. The van der Waals surface area contributed by atoms with E-state index in [9.17, 15) is 9.50 Å². The SMILES string of the molecule is CC(C)C1(O)CN(Cc2ccc(F)cc2Br)C1. The number of β-amino-alcohol motifs (C(OH)–C–C–N with tert-alkyl or cyclic N) is 1. The van der Waals surface area contributed by atoms with Gasteiger partial charge in [-0.1, -0.05) is 35.8 Å². The highest BCUT2D eigenvalue weighted by Gasteiger charge is 2.43. The Bertz CT molecular complexity index is 416. The molecule has 0 atom stereocenters. The quantitative estimate of drug-likeness (QED) is 0.928. The molecule has 1 fully saturated rings. The summed E-state index contributed by atoms with van der Waals surface area (Å²) < 4.78 is 13.7. The van der Waals surface area contributed by atoms with Crippen molar-refractivity contribution in [3.8, 4) is 0 Å². The van der Waals surface area contributed by atoms with Crippen LogP contribution in [0.3, 0.4) is 0 Å². The first-order valence-electron chi connectivity index (χ1n) is 5.79. The van der Waals surface area contributed by atoms with E-state index in [2.05, 4.69) is 20.8 Å². The second kappa shape index (κ2) is 4.67. The molecule has 1 aromatic carbocycles. The molecule has 0 radical (unpaired) electrons. The predicted molar refractivity (Wildman–Crippen MR) is 69.2 cm³/mol. The van der Waals surface area contributed by atoms with E-state index in [-0.39, 0.29) is 11.7 Å². The summed E-state index contributed by atoms with van der Waals surface area (Å²) in [6.45, 7) is 6.19. The van der Waals surface area contributed by atoms with E-state index >= 15 is 0 Å². The van der Waals surface area contributed by atoms with Crippen LogP contribution in [0, 0.1) is 11.7 Å². The molecule has 1 saturated heterocycles. The number of hydrogen-bond donors (Lipinski definition) is 1. The lowest BCUT2D eigenvalue weighted by molar-refractivity contribution is -0.130. The van der Waals surface area contributed by atoms with Gasteiger partial charge in [0.25, 0.3) is 0 Å². The lowest BCUT2D eigenvalue weighted by Gasteiger charge is -2.49. The molecule has 1 aromatic rings. The summed E-state index contributed by atoms with van der Waals surface area (Å²) in [6, 6.07) is 4.73. The molecule has 0 spiro atoms. The van der Waals surface area contributed by atoms with E-state index in [1.807, 2.05) is 13.8 Å². The molecule has 4 heteroatoms. The minimum atomic E-state index is -0.549. The van der Waals surface area contributed by atoms with Crippen molar-refractivity contribution in [1.82, 2.24) is 4.90 Å². The topological polar surface area (TPSA) is 23.5 Å². The number of halogens is 2. The Morgan fingerprint density at radius 2 is 2.12 bits per heavy atom. The average molecular weight is 302 g/mol. The van der Waals surface area contributed by atoms with Gasteiger partial charge in [0.15, 0.2) is 0 Å². The van der Waals surface area contributed by atoms with Gasteiger partial charge in [-0.05, 0) is 23.6 Å². The molecule has 94 valence electrons. The molecule has 0 amide bonds. The van der Waals surface area contributed by atoms with Gasteiger partial charge in [0.05, 0.1) is 5.60 Å². The second-order valence-corrected chi connectivity index (χ2v) is 5.99. The van der Waals surface area contributed by atoms with Gasteiger partial charge in [0, 0.05) is 24.1 Å². The zero-order valence-electron chi connectivity index (χ0n) is 10.1. The van der Waals surface area contributed by atoms with Gasteiger partial charge in [-0.25, -0.2) is 4.39 Å². The molecular formula is C13H17BrFNO. The molecule has 0 unspecified atom stereocenters. The van der Waals surface area contributed by atoms with Gasteiger partial charge in [0.1, 0.15) is 5.82 Å². The molecule has 0 aliphatic carbocycles. The molecule has 17 heavy (non-hydrogen) atoms. The lowest BCUT2D eigenvalue weighted by Crippen LogP contribution is -2.63. The van der Waals surface area contributed by atoms with Crippen LogP contribution in [0.15, 0.2) is 22.7 Å². The maximum atomic E-state index is 12.9. The van der Waals surface area contributed by atoms with E-state index in [4.69, 9.17) is 0 Å². The minimum absolute atomic E-state index is 0.233. The van der Waals surface area contributed by atoms with Crippen LogP contribution in [0.5, 0.6) is 0 Å². The monoisotopic (exact) mass is 301 g/mol. The van der Waals surface area contributed by atoms with Crippen molar-refractivity contribution in [2.24, 2.45) is 5.92 Å².